The number of rotatable bonds is 5. The number of hydrogen-bond donors (Lipinski definition) is 1. The summed E-state index contributed by atoms with van der Waals surface area (Å²) < 4.78 is 8.37. The predicted molar refractivity (Wildman–Crippen MR) is 85.9 cm³/mol. The highest BCUT2D eigenvalue weighted by molar-refractivity contribution is 9.10. The van der Waals surface area contributed by atoms with Crippen molar-refractivity contribution < 1.29 is 4.74 Å². The van der Waals surface area contributed by atoms with Gasteiger partial charge in [-0.2, -0.15) is 4.98 Å². The van der Waals surface area contributed by atoms with Gasteiger partial charge in [-0.05, 0) is 52.7 Å². The van der Waals surface area contributed by atoms with Crippen LogP contribution >= 0.6 is 15.9 Å². The van der Waals surface area contributed by atoms with Crippen LogP contribution in [0.2, 0.25) is 0 Å². The molecule has 3 aromatic rings. The quantitative estimate of drug-likeness (QED) is 0.720. The second-order valence-corrected chi connectivity index (χ2v) is 5.59. The zero-order chi connectivity index (χ0) is 14.7. The van der Waals surface area contributed by atoms with Crippen LogP contribution in [0.4, 0.5) is 5.95 Å². The average Bonchev–Trinajstić information content (AvgIpc) is 2.85. The standard InChI is InChI=1S/C15H15BrN4O/c1-11-3-2-4-13(9-11)21-8-7-17-15-18-14-6-5-12(16)10-20(14)19-15/h2-6,9-10H,7-8H2,1H3,(H,17,19). The molecule has 0 saturated carbocycles. The molecule has 3 rings (SSSR count). The number of ether oxygens (including phenoxy) is 1. The lowest BCUT2D eigenvalue weighted by molar-refractivity contribution is 0.332. The van der Waals surface area contributed by atoms with Gasteiger partial charge in [-0.25, -0.2) is 4.52 Å². The number of nitrogens with zero attached hydrogens (tertiary/aromatic N) is 3. The van der Waals surface area contributed by atoms with Crippen LogP contribution in [-0.2, 0) is 0 Å². The Labute approximate surface area is 131 Å². The highest BCUT2D eigenvalue weighted by Gasteiger charge is 2.03. The van der Waals surface area contributed by atoms with Crippen molar-refractivity contribution in [3.63, 3.8) is 0 Å². The van der Waals surface area contributed by atoms with E-state index in [0.717, 1.165) is 15.9 Å². The van der Waals surface area contributed by atoms with Crippen LogP contribution in [0.15, 0.2) is 47.1 Å². The van der Waals surface area contributed by atoms with Crippen molar-refractivity contribution in [2.24, 2.45) is 0 Å². The lowest BCUT2D eigenvalue weighted by Crippen LogP contribution is -2.12. The van der Waals surface area contributed by atoms with E-state index in [9.17, 15) is 0 Å². The van der Waals surface area contributed by atoms with Crippen molar-refractivity contribution in [1.82, 2.24) is 14.6 Å². The number of pyridine rings is 1. The molecule has 0 amide bonds. The van der Waals surface area contributed by atoms with E-state index >= 15 is 0 Å². The van der Waals surface area contributed by atoms with Gasteiger partial charge in [-0.3, -0.25) is 0 Å². The van der Waals surface area contributed by atoms with E-state index in [1.54, 1.807) is 4.52 Å². The number of anilines is 1. The van der Waals surface area contributed by atoms with Crippen molar-refractivity contribution in [3.05, 3.63) is 52.6 Å². The molecule has 5 nitrogen and oxygen atoms in total. The van der Waals surface area contributed by atoms with Crippen molar-refractivity contribution in [2.75, 3.05) is 18.5 Å². The van der Waals surface area contributed by atoms with Gasteiger partial charge in [0.05, 0.1) is 6.54 Å². The molecule has 1 aromatic carbocycles. The summed E-state index contributed by atoms with van der Waals surface area (Å²) in [6.07, 6.45) is 1.87. The fourth-order valence-electron chi connectivity index (χ4n) is 1.97. The number of aryl methyl sites for hydroxylation is 1. The summed E-state index contributed by atoms with van der Waals surface area (Å²) >= 11 is 3.41. The maximum atomic E-state index is 5.67. The third-order valence-corrected chi connectivity index (χ3v) is 3.41. The summed E-state index contributed by atoms with van der Waals surface area (Å²) in [5, 5.41) is 7.50. The number of hydrogen-bond acceptors (Lipinski definition) is 4. The molecule has 0 radical (unpaired) electrons. The van der Waals surface area contributed by atoms with Gasteiger partial charge < -0.3 is 10.1 Å². The number of aromatic nitrogens is 3. The van der Waals surface area contributed by atoms with Gasteiger partial charge in [0.1, 0.15) is 12.4 Å². The first-order valence-electron chi connectivity index (χ1n) is 6.66. The van der Waals surface area contributed by atoms with Crippen LogP contribution in [0.5, 0.6) is 5.75 Å². The first-order valence-corrected chi connectivity index (χ1v) is 7.45. The molecule has 6 heteroatoms. The molecular weight excluding hydrogens is 332 g/mol. The van der Waals surface area contributed by atoms with Crippen molar-refractivity contribution in [2.45, 2.75) is 6.92 Å². The minimum atomic E-state index is 0.558. The molecule has 2 heterocycles. The normalized spacial score (nSPS) is 10.8. The Bertz CT molecular complexity index is 756. The Morgan fingerprint density at radius 2 is 2.19 bits per heavy atom. The average molecular weight is 347 g/mol. The maximum Gasteiger partial charge on any atom is 0.243 e. The fraction of sp³-hybridized carbons (Fsp3) is 0.200. The number of nitrogens with one attached hydrogen (secondary N) is 1. The lowest BCUT2D eigenvalue weighted by Gasteiger charge is -2.06. The van der Waals surface area contributed by atoms with Gasteiger partial charge in [0, 0.05) is 10.7 Å². The van der Waals surface area contributed by atoms with E-state index < -0.39 is 0 Å². The Balaban J connectivity index is 1.54. The Morgan fingerprint density at radius 3 is 3.05 bits per heavy atom. The summed E-state index contributed by atoms with van der Waals surface area (Å²) in [6.45, 7) is 3.25. The zero-order valence-electron chi connectivity index (χ0n) is 11.6. The van der Waals surface area contributed by atoms with Crippen molar-refractivity contribution in [3.8, 4) is 5.75 Å². The molecule has 1 N–H and O–H groups in total. The first kappa shape index (κ1) is 13.9. The molecule has 0 spiro atoms. The van der Waals surface area contributed by atoms with E-state index in [4.69, 9.17) is 4.74 Å². The highest BCUT2D eigenvalue weighted by atomic mass is 79.9. The van der Waals surface area contributed by atoms with Crippen molar-refractivity contribution in [1.29, 1.82) is 0 Å². The van der Waals surface area contributed by atoms with Crippen LogP contribution in [0.25, 0.3) is 5.65 Å². The molecule has 0 atom stereocenters. The van der Waals surface area contributed by atoms with Crippen LogP contribution in [0.3, 0.4) is 0 Å². The zero-order valence-corrected chi connectivity index (χ0v) is 13.2. The highest BCUT2D eigenvalue weighted by Crippen LogP contribution is 2.13. The van der Waals surface area contributed by atoms with E-state index in [0.29, 0.717) is 19.1 Å². The number of fused-ring (bicyclic) bond motifs is 1. The summed E-state index contributed by atoms with van der Waals surface area (Å²) in [4.78, 5) is 4.38. The smallest absolute Gasteiger partial charge is 0.243 e. The molecule has 0 unspecified atom stereocenters. The summed E-state index contributed by atoms with van der Waals surface area (Å²) in [5.41, 5.74) is 1.99. The number of halogens is 1. The Hall–Kier alpha value is -2.08. The molecule has 0 fully saturated rings. The van der Waals surface area contributed by atoms with Gasteiger partial charge in [0.15, 0.2) is 5.65 Å². The molecule has 0 bridgehead atoms. The van der Waals surface area contributed by atoms with E-state index in [-0.39, 0.29) is 0 Å². The van der Waals surface area contributed by atoms with Crippen LogP contribution in [0, 0.1) is 6.92 Å². The predicted octanol–water partition coefficient (Wildman–Crippen LogP) is 3.29. The molecule has 108 valence electrons. The molecule has 21 heavy (non-hydrogen) atoms. The van der Waals surface area contributed by atoms with Gasteiger partial charge in [0.25, 0.3) is 0 Å². The fourth-order valence-corrected chi connectivity index (χ4v) is 2.30. The lowest BCUT2D eigenvalue weighted by atomic mass is 10.2. The summed E-state index contributed by atoms with van der Waals surface area (Å²) in [7, 11) is 0. The molecular formula is C15H15BrN4O. The van der Waals surface area contributed by atoms with Crippen molar-refractivity contribution >= 4 is 27.5 Å². The second kappa shape index (κ2) is 6.13. The molecule has 2 aromatic heterocycles. The molecule has 0 aliphatic rings. The van der Waals surface area contributed by atoms with E-state index in [2.05, 4.69) is 31.3 Å². The summed E-state index contributed by atoms with van der Waals surface area (Å²) in [5.74, 6) is 1.48. The van der Waals surface area contributed by atoms with Gasteiger partial charge in [-0.1, -0.05) is 12.1 Å². The topological polar surface area (TPSA) is 51.5 Å². The van der Waals surface area contributed by atoms with Gasteiger partial charge in [-0.15, -0.1) is 5.10 Å². The van der Waals surface area contributed by atoms with Crippen LogP contribution in [0.1, 0.15) is 5.56 Å². The maximum absolute atomic E-state index is 5.67. The second-order valence-electron chi connectivity index (χ2n) is 4.68. The SMILES string of the molecule is Cc1cccc(OCCNc2nc3ccc(Br)cn3n2)c1. The third kappa shape index (κ3) is 3.52. The largest absolute Gasteiger partial charge is 0.492 e. The van der Waals surface area contributed by atoms with Gasteiger partial charge >= 0.3 is 0 Å². The van der Waals surface area contributed by atoms with Crippen LogP contribution < -0.4 is 10.1 Å². The third-order valence-electron chi connectivity index (χ3n) is 2.94. The minimum absolute atomic E-state index is 0.558. The first-order chi connectivity index (χ1) is 10.2. The monoisotopic (exact) mass is 346 g/mol. The van der Waals surface area contributed by atoms with Crippen LogP contribution in [-0.4, -0.2) is 27.7 Å². The Kier molecular flexibility index (Phi) is 4.06. The summed E-state index contributed by atoms with van der Waals surface area (Å²) in [6, 6.07) is 11.8. The Morgan fingerprint density at radius 1 is 1.29 bits per heavy atom. The van der Waals surface area contributed by atoms with E-state index in [1.807, 2.05) is 49.5 Å². The minimum Gasteiger partial charge on any atom is -0.492 e. The van der Waals surface area contributed by atoms with E-state index in [1.165, 1.54) is 5.56 Å². The molecule has 0 aliphatic carbocycles. The van der Waals surface area contributed by atoms with Gasteiger partial charge in [0.2, 0.25) is 5.95 Å². The molecule has 0 saturated heterocycles. The molecule has 0 aliphatic heterocycles. The number of benzene rings is 1.